The van der Waals surface area contributed by atoms with E-state index in [1.807, 2.05) is 0 Å². The smallest absolute Gasteiger partial charge is 0.119 e. The van der Waals surface area contributed by atoms with Crippen molar-refractivity contribution in [2.75, 3.05) is 24.6 Å². The molecule has 1 aromatic carbocycles. The highest BCUT2D eigenvalue weighted by Gasteiger charge is 2.16. The summed E-state index contributed by atoms with van der Waals surface area (Å²) in [5, 5.41) is 0. The van der Waals surface area contributed by atoms with Crippen LogP contribution in [0.2, 0.25) is 0 Å². The Balaban J connectivity index is 1.94. The maximum Gasteiger partial charge on any atom is 0.119 e. The second-order valence-corrected chi connectivity index (χ2v) is 5.55. The lowest BCUT2D eigenvalue weighted by Gasteiger charge is -2.32. The lowest BCUT2D eigenvalue weighted by atomic mass is 10.1. The van der Waals surface area contributed by atoms with E-state index in [1.54, 1.807) is 0 Å². The highest BCUT2D eigenvalue weighted by atomic mass is 16.5. The lowest BCUT2D eigenvalue weighted by Crippen LogP contribution is -2.42. The molecule has 0 saturated carbocycles. The van der Waals surface area contributed by atoms with E-state index in [0.717, 1.165) is 31.9 Å². The predicted octanol–water partition coefficient (Wildman–Crippen LogP) is 2.65. The first-order valence-electron chi connectivity index (χ1n) is 6.88. The van der Waals surface area contributed by atoms with Crippen LogP contribution in [0.3, 0.4) is 0 Å². The maximum absolute atomic E-state index is 6.01. The highest BCUT2D eigenvalue weighted by Crippen LogP contribution is 2.22. The number of hydrogen-bond donors (Lipinski definition) is 1. The van der Waals surface area contributed by atoms with Crippen LogP contribution >= 0.6 is 0 Å². The highest BCUT2D eigenvalue weighted by molar-refractivity contribution is 5.49. The van der Waals surface area contributed by atoms with Crippen molar-refractivity contribution in [2.24, 2.45) is 11.7 Å². The number of anilines is 1. The molecule has 1 aromatic rings. The first kappa shape index (κ1) is 13.2. The van der Waals surface area contributed by atoms with Gasteiger partial charge in [-0.25, -0.2) is 0 Å². The van der Waals surface area contributed by atoms with E-state index in [0.29, 0.717) is 12.0 Å². The van der Waals surface area contributed by atoms with Crippen LogP contribution < -0.4 is 15.4 Å². The molecule has 1 fully saturated rings. The quantitative estimate of drug-likeness (QED) is 0.890. The van der Waals surface area contributed by atoms with Gasteiger partial charge in [-0.15, -0.1) is 0 Å². The zero-order chi connectivity index (χ0) is 13.0. The summed E-state index contributed by atoms with van der Waals surface area (Å²) in [6, 6.07) is 8.69. The fourth-order valence-electron chi connectivity index (χ4n) is 2.26. The molecule has 1 aliphatic rings. The molecule has 0 bridgehead atoms. The minimum absolute atomic E-state index is 0.315. The standard InChI is InChI=1S/C15H24N2O/c1-12(2)11-18-15-7-5-14(6-8-15)17-9-3-4-13(16)10-17/h5-8,12-13H,3-4,9-11,16H2,1-2H3. The molecule has 0 radical (unpaired) electrons. The van der Waals surface area contributed by atoms with Gasteiger partial charge in [0.1, 0.15) is 5.75 Å². The molecule has 2 rings (SSSR count). The van der Waals surface area contributed by atoms with Gasteiger partial charge < -0.3 is 15.4 Å². The van der Waals surface area contributed by atoms with Crippen LogP contribution in [-0.4, -0.2) is 25.7 Å². The van der Waals surface area contributed by atoms with Crippen molar-refractivity contribution in [1.82, 2.24) is 0 Å². The summed E-state index contributed by atoms with van der Waals surface area (Å²) in [7, 11) is 0. The van der Waals surface area contributed by atoms with Gasteiger partial charge >= 0.3 is 0 Å². The lowest BCUT2D eigenvalue weighted by molar-refractivity contribution is 0.271. The molecule has 1 unspecified atom stereocenters. The number of nitrogens with zero attached hydrogens (tertiary/aromatic N) is 1. The number of nitrogens with two attached hydrogens (primary N) is 1. The van der Waals surface area contributed by atoms with Crippen LogP contribution in [0.15, 0.2) is 24.3 Å². The van der Waals surface area contributed by atoms with Crippen molar-refractivity contribution in [1.29, 1.82) is 0 Å². The molecule has 0 amide bonds. The van der Waals surface area contributed by atoms with Crippen molar-refractivity contribution in [2.45, 2.75) is 32.7 Å². The fraction of sp³-hybridized carbons (Fsp3) is 0.600. The minimum Gasteiger partial charge on any atom is -0.493 e. The Labute approximate surface area is 110 Å². The molecular formula is C15H24N2O. The molecule has 18 heavy (non-hydrogen) atoms. The molecule has 3 nitrogen and oxygen atoms in total. The Hall–Kier alpha value is -1.22. The second kappa shape index (κ2) is 6.10. The summed E-state index contributed by atoms with van der Waals surface area (Å²) in [5.41, 5.74) is 7.26. The van der Waals surface area contributed by atoms with E-state index in [1.165, 1.54) is 12.1 Å². The Morgan fingerprint density at radius 1 is 1.33 bits per heavy atom. The van der Waals surface area contributed by atoms with Crippen molar-refractivity contribution in [3.05, 3.63) is 24.3 Å². The SMILES string of the molecule is CC(C)COc1ccc(N2CCCC(N)C2)cc1. The zero-order valence-corrected chi connectivity index (χ0v) is 11.4. The zero-order valence-electron chi connectivity index (χ0n) is 11.4. The summed E-state index contributed by atoms with van der Waals surface area (Å²) in [6.07, 6.45) is 2.33. The van der Waals surface area contributed by atoms with E-state index in [2.05, 4.69) is 43.0 Å². The van der Waals surface area contributed by atoms with E-state index in [-0.39, 0.29) is 0 Å². The number of rotatable bonds is 4. The molecule has 3 heteroatoms. The first-order chi connectivity index (χ1) is 8.65. The Bertz CT molecular complexity index is 361. The van der Waals surface area contributed by atoms with Crippen LogP contribution in [0.4, 0.5) is 5.69 Å². The molecule has 0 aliphatic carbocycles. The van der Waals surface area contributed by atoms with Crippen LogP contribution in [-0.2, 0) is 0 Å². The summed E-state index contributed by atoms with van der Waals surface area (Å²) < 4.78 is 5.69. The first-order valence-corrected chi connectivity index (χ1v) is 6.88. The third-order valence-corrected chi connectivity index (χ3v) is 3.24. The monoisotopic (exact) mass is 248 g/mol. The minimum atomic E-state index is 0.315. The van der Waals surface area contributed by atoms with E-state index < -0.39 is 0 Å². The summed E-state index contributed by atoms with van der Waals surface area (Å²) in [5.74, 6) is 1.51. The third kappa shape index (κ3) is 3.64. The third-order valence-electron chi connectivity index (χ3n) is 3.24. The molecular weight excluding hydrogens is 224 g/mol. The van der Waals surface area contributed by atoms with Gasteiger partial charge in [0.15, 0.2) is 0 Å². The topological polar surface area (TPSA) is 38.5 Å². The van der Waals surface area contributed by atoms with Crippen LogP contribution in [0.1, 0.15) is 26.7 Å². The molecule has 2 N–H and O–H groups in total. The largest absolute Gasteiger partial charge is 0.493 e. The summed E-state index contributed by atoms with van der Waals surface area (Å²) in [6.45, 7) is 7.16. The fourth-order valence-corrected chi connectivity index (χ4v) is 2.26. The Morgan fingerprint density at radius 3 is 2.67 bits per heavy atom. The van der Waals surface area contributed by atoms with Crippen LogP contribution in [0.5, 0.6) is 5.75 Å². The molecule has 1 saturated heterocycles. The normalized spacial score (nSPS) is 20.2. The average molecular weight is 248 g/mol. The van der Waals surface area contributed by atoms with Gasteiger partial charge in [0.25, 0.3) is 0 Å². The Morgan fingerprint density at radius 2 is 2.06 bits per heavy atom. The number of benzene rings is 1. The number of ether oxygens (including phenoxy) is 1. The molecule has 0 aromatic heterocycles. The molecule has 0 spiro atoms. The van der Waals surface area contributed by atoms with Crippen molar-refractivity contribution >= 4 is 5.69 Å². The van der Waals surface area contributed by atoms with Crippen LogP contribution in [0.25, 0.3) is 0 Å². The summed E-state index contributed by atoms with van der Waals surface area (Å²) in [4.78, 5) is 2.36. The van der Waals surface area contributed by atoms with Gasteiger partial charge in [-0.1, -0.05) is 13.8 Å². The van der Waals surface area contributed by atoms with E-state index >= 15 is 0 Å². The predicted molar refractivity (Wildman–Crippen MR) is 76.2 cm³/mol. The van der Waals surface area contributed by atoms with Gasteiger partial charge in [0, 0.05) is 24.8 Å². The second-order valence-electron chi connectivity index (χ2n) is 5.55. The summed E-state index contributed by atoms with van der Waals surface area (Å²) >= 11 is 0. The maximum atomic E-state index is 6.01. The van der Waals surface area contributed by atoms with Gasteiger partial charge in [-0.05, 0) is 43.0 Å². The number of piperidine rings is 1. The van der Waals surface area contributed by atoms with Gasteiger partial charge in [-0.2, -0.15) is 0 Å². The van der Waals surface area contributed by atoms with E-state index in [4.69, 9.17) is 10.5 Å². The molecule has 1 aliphatic heterocycles. The molecule has 1 atom stereocenters. The van der Waals surface area contributed by atoms with Crippen molar-refractivity contribution < 1.29 is 4.74 Å². The average Bonchev–Trinajstić information content (AvgIpc) is 2.37. The Kier molecular flexibility index (Phi) is 4.48. The molecule has 1 heterocycles. The van der Waals surface area contributed by atoms with E-state index in [9.17, 15) is 0 Å². The van der Waals surface area contributed by atoms with Crippen LogP contribution in [0, 0.1) is 5.92 Å². The number of hydrogen-bond acceptors (Lipinski definition) is 3. The van der Waals surface area contributed by atoms with Crippen molar-refractivity contribution in [3.8, 4) is 5.75 Å². The molecule has 100 valence electrons. The van der Waals surface area contributed by atoms with Gasteiger partial charge in [0.2, 0.25) is 0 Å². The van der Waals surface area contributed by atoms with Crippen molar-refractivity contribution in [3.63, 3.8) is 0 Å². The van der Waals surface area contributed by atoms with Gasteiger partial charge in [-0.3, -0.25) is 0 Å². The van der Waals surface area contributed by atoms with Gasteiger partial charge in [0.05, 0.1) is 6.61 Å².